The molecule has 138 valence electrons. The van der Waals surface area contributed by atoms with Crippen molar-refractivity contribution in [2.45, 2.75) is 32.1 Å². The van der Waals surface area contributed by atoms with Crippen LogP contribution in [-0.2, 0) is 14.3 Å². The molecule has 0 aliphatic carbocycles. The number of hydrogen-bond acceptors (Lipinski definition) is 4. The fourth-order valence-corrected chi connectivity index (χ4v) is 2.90. The van der Waals surface area contributed by atoms with Gasteiger partial charge in [0.05, 0.1) is 6.04 Å². The van der Waals surface area contributed by atoms with Crippen molar-refractivity contribution in [3.05, 3.63) is 69.7 Å². The Morgan fingerprint density at radius 2 is 1.73 bits per heavy atom. The van der Waals surface area contributed by atoms with Gasteiger partial charge in [-0.05, 0) is 37.1 Å². The van der Waals surface area contributed by atoms with Gasteiger partial charge in [0.2, 0.25) is 0 Å². The number of benzene rings is 2. The molecule has 2 rings (SSSR count). The molecular formula is C19H19Cl2NO4. The summed E-state index contributed by atoms with van der Waals surface area (Å²) in [5.74, 6) is -1.40. The van der Waals surface area contributed by atoms with Crippen molar-refractivity contribution < 1.29 is 19.4 Å². The molecule has 2 aromatic carbocycles. The molecule has 0 spiro atoms. The van der Waals surface area contributed by atoms with E-state index in [1.54, 1.807) is 55.5 Å². The summed E-state index contributed by atoms with van der Waals surface area (Å²) in [5, 5.41) is 13.6. The molecule has 7 heteroatoms. The highest BCUT2D eigenvalue weighted by atomic mass is 35.5. The monoisotopic (exact) mass is 395 g/mol. The Morgan fingerprint density at radius 3 is 2.35 bits per heavy atom. The summed E-state index contributed by atoms with van der Waals surface area (Å²) in [5.41, 5.74) is 1.08. The molecule has 0 heterocycles. The maximum Gasteiger partial charge on any atom is 0.340 e. The smallest absolute Gasteiger partial charge is 0.340 e. The molecule has 0 aliphatic rings. The average molecular weight is 396 g/mol. The number of rotatable bonds is 6. The summed E-state index contributed by atoms with van der Waals surface area (Å²) in [7, 11) is 0. The van der Waals surface area contributed by atoms with Gasteiger partial charge in [0.1, 0.15) is 0 Å². The SMILES string of the molecule is C[C@H](NC(=O)[C@@H](C)OC(=O)[C@H](O)c1ccccc1)c1ccc(Cl)cc1Cl. The highest BCUT2D eigenvalue weighted by molar-refractivity contribution is 6.35. The molecule has 5 nitrogen and oxygen atoms in total. The molecule has 2 aromatic rings. The van der Waals surface area contributed by atoms with Gasteiger partial charge >= 0.3 is 5.97 Å². The molecule has 26 heavy (non-hydrogen) atoms. The minimum Gasteiger partial charge on any atom is -0.450 e. The molecule has 1 amide bonds. The van der Waals surface area contributed by atoms with Gasteiger partial charge < -0.3 is 15.2 Å². The molecule has 0 saturated heterocycles. The first-order valence-electron chi connectivity index (χ1n) is 7.98. The van der Waals surface area contributed by atoms with Crippen LogP contribution in [0.5, 0.6) is 0 Å². The molecule has 0 bridgehead atoms. The number of aliphatic hydroxyl groups is 1. The van der Waals surface area contributed by atoms with Gasteiger partial charge in [0, 0.05) is 10.0 Å². The van der Waals surface area contributed by atoms with E-state index in [0.29, 0.717) is 21.2 Å². The zero-order valence-corrected chi connectivity index (χ0v) is 15.8. The molecule has 0 aromatic heterocycles. The number of amides is 1. The first-order chi connectivity index (χ1) is 12.3. The van der Waals surface area contributed by atoms with Crippen molar-refractivity contribution in [1.82, 2.24) is 5.32 Å². The van der Waals surface area contributed by atoms with Crippen molar-refractivity contribution >= 4 is 35.1 Å². The zero-order chi connectivity index (χ0) is 19.3. The van der Waals surface area contributed by atoms with Crippen LogP contribution in [0.4, 0.5) is 0 Å². The predicted octanol–water partition coefficient (Wildman–Crippen LogP) is 3.84. The first kappa shape index (κ1) is 20.2. The van der Waals surface area contributed by atoms with Gasteiger partial charge in [-0.25, -0.2) is 4.79 Å². The van der Waals surface area contributed by atoms with Gasteiger partial charge in [0.25, 0.3) is 5.91 Å². The van der Waals surface area contributed by atoms with Crippen LogP contribution in [0.1, 0.15) is 37.1 Å². The van der Waals surface area contributed by atoms with Crippen LogP contribution in [0, 0.1) is 0 Å². The summed E-state index contributed by atoms with van der Waals surface area (Å²) in [6.45, 7) is 3.18. The van der Waals surface area contributed by atoms with Crippen LogP contribution < -0.4 is 5.32 Å². The van der Waals surface area contributed by atoms with Gasteiger partial charge in [-0.1, -0.05) is 59.6 Å². The van der Waals surface area contributed by atoms with Crippen molar-refractivity contribution in [2.24, 2.45) is 0 Å². The Hall–Kier alpha value is -2.08. The average Bonchev–Trinajstić information content (AvgIpc) is 2.61. The second-order valence-corrected chi connectivity index (χ2v) is 6.63. The third-order valence-corrected chi connectivity index (χ3v) is 4.35. The minimum atomic E-state index is -1.45. The fourth-order valence-electron chi connectivity index (χ4n) is 2.32. The van der Waals surface area contributed by atoms with E-state index in [-0.39, 0.29) is 0 Å². The summed E-state index contributed by atoms with van der Waals surface area (Å²) in [6, 6.07) is 12.9. The number of nitrogens with one attached hydrogen (secondary N) is 1. The topological polar surface area (TPSA) is 75.6 Å². The second kappa shape index (κ2) is 9.03. The van der Waals surface area contributed by atoms with E-state index in [9.17, 15) is 14.7 Å². The standard InChI is InChI=1S/C19H19Cl2NO4/c1-11(15-9-8-14(20)10-16(15)21)22-18(24)12(2)26-19(25)17(23)13-6-4-3-5-7-13/h3-12,17,23H,1-2H3,(H,22,24)/t11-,12+,17+/m0/s1. The van der Waals surface area contributed by atoms with E-state index in [4.69, 9.17) is 27.9 Å². The zero-order valence-electron chi connectivity index (χ0n) is 14.3. The molecule has 2 N–H and O–H groups in total. The largest absolute Gasteiger partial charge is 0.450 e. The van der Waals surface area contributed by atoms with Gasteiger partial charge in [-0.2, -0.15) is 0 Å². The lowest BCUT2D eigenvalue weighted by Gasteiger charge is -2.20. The van der Waals surface area contributed by atoms with Crippen LogP contribution in [0.15, 0.2) is 48.5 Å². The minimum absolute atomic E-state index is 0.395. The number of hydrogen-bond donors (Lipinski definition) is 2. The Labute approximate surface area is 161 Å². The van der Waals surface area contributed by atoms with Gasteiger partial charge in [-0.15, -0.1) is 0 Å². The van der Waals surface area contributed by atoms with Gasteiger partial charge in [0.15, 0.2) is 12.2 Å². The third-order valence-electron chi connectivity index (χ3n) is 3.79. The lowest BCUT2D eigenvalue weighted by Crippen LogP contribution is -2.38. The van der Waals surface area contributed by atoms with Crippen LogP contribution >= 0.6 is 23.2 Å². The summed E-state index contributed by atoms with van der Waals surface area (Å²) in [6.07, 6.45) is -2.52. The van der Waals surface area contributed by atoms with Crippen molar-refractivity contribution in [3.8, 4) is 0 Å². The Kier molecular flexibility index (Phi) is 7.03. The summed E-state index contributed by atoms with van der Waals surface area (Å²) < 4.78 is 5.06. The number of esters is 1. The predicted molar refractivity (Wildman–Crippen MR) is 100.0 cm³/mol. The van der Waals surface area contributed by atoms with Crippen LogP contribution in [0.25, 0.3) is 0 Å². The highest BCUT2D eigenvalue weighted by Gasteiger charge is 2.25. The molecule has 0 aliphatic heterocycles. The van der Waals surface area contributed by atoms with E-state index < -0.39 is 30.1 Å². The van der Waals surface area contributed by atoms with Crippen molar-refractivity contribution in [1.29, 1.82) is 0 Å². The molecular weight excluding hydrogens is 377 g/mol. The van der Waals surface area contributed by atoms with E-state index in [1.165, 1.54) is 6.92 Å². The number of ether oxygens (including phenoxy) is 1. The van der Waals surface area contributed by atoms with Crippen molar-refractivity contribution in [2.75, 3.05) is 0 Å². The molecule has 0 radical (unpaired) electrons. The fraction of sp³-hybridized carbons (Fsp3) is 0.263. The second-order valence-electron chi connectivity index (χ2n) is 5.79. The van der Waals surface area contributed by atoms with Crippen LogP contribution in [0.2, 0.25) is 10.0 Å². The summed E-state index contributed by atoms with van der Waals surface area (Å²) in [4.78, 5) is 24.3. The quantitative estimate of drug-likeness (QED) is 0.728. The lowest BCUT2D eigenvalue weighted by atomic mass is 10.1. The van der Waals surface area contributed by atoms with E-state index in [1.807, 2.05) is 0 Å². The molecule has 0 saturated carbocycles. The number of carbonyl (C=O) groups is 2. The number of halogens is 2. The Morgan fingerprint density at radius 1 is 1.08 bits per heavy atom. The maximum atomic E-state index is 12.3. The van der Waals surface area contributed by atoms with Crippen LogP contribution in [0.3, 0.4) is 0 Å². The summed E-state index contributed by atoms with van der Waals surface area (Å²) >= 11 is 12.0. The third kappa shape index (κ3) is 5.21. The number of carbonyl (C=O) groups excluding carboxylic acids is 2. The Bertz CT molecular complexity index is 782. The molecule has 3 atom stereocenters. The van der Waals surface area contributed by atoms with Crippen molar-refractivity contribution in [3.63, 3.8) is 0 Å². The molecule has 0 fully saturated rings. The van der Waals surface area contributed by atoms with E-state index in [2.05, 4.69) is 5.32 Å². The van der Waals surface area contributed by atoms with E-state index in [0.717, 1.165) is 0 Å². The van der Waals surface area contributed by atoms with Crippen LogP contribution in [-0.4, -0.2) is 23.1 Å². The highest BCUT2D eigenvalue weighted by Crippen LogP contribution is 2.26. The van der Waals surface area contributed by atoms with E-state index >= 15 is 0 Å². The lowest BCUT2D eigenvalue weighted by molar-refractivity contribution is -0.163. The molecule has 0 unspecified atom stereocenters. The van der Waals surface area contributed by atoms with Gasteiger partial charge in [-0.3, -0.25) is 4.79 Å². The first-order valence-corrected chi connectivity index (χ1v) is 8.74. The normalized spacial score (nSPS) is 14.2. The Balaban J connectivity index is 1.95. The number of aliphatic hydroxyl groups excluding tert-OH is 1. The maximum absolute atomic E-state index is 12.3.